The molecule has 4 nitrogen and oxygen atoms in total. The first-order valence-corrected chi connectivity index (χ1v) is 13.3. The van der Waals surface area contributed by atoms with Gasteiger partial charge in [-0.05, 0) is 68.0 Å². The predicted octanol–water partition coefficient (Wildman–Crippen LogP) is 8.15. The Bertz CT molecular complexity index is 1270. The Morgan fingerprint density at radius 3 is 2.60 bits per heavy atom. The number of aromatic amines is 1. The van der Waals surface area contributed by atoms with Crippen LogP contribution in [0.3, 0.4) is 0 Å². The number of nitrogens with one attached hydrogen (secondary N) is 1. The summed E-state index contributed by atoms with van der Waals surface area (Å²) in [5.41, 5.74) is 7.34. The first-order valence-electron chi connectivity index (χ1n) is 13.0. The van der Waals surface area contributed by atoms with E-state index in [0.717, 1.165) is 57.0 Å². The molecule has 0 saturated carbocycles. The lowest BCUT2D eigenvalue weighted by Crippen LogP contribution is -2.26. The third kappa shape index (κ3) is 5.99. The highest BCUT2D eigenvalue weighted by Crippen LogP contribution is 2.30. The van der Waals surface area contributed by atoms with Crippen molar-refractivity contribution in [1.82, 2.24) is 19.4 Å². The first-order chi connectivity index (χ1) is 16.9. The van der Waals surface area contributed by atoms with Gasteiger partial charge in [0.15, 0.2) is 5.15 Å². The molecule has 0 aliphatic rings. The van der Waals surface area contributed by atoms with Gasteiger partial charge in [-0.25, -0.2) is 4.98 Å². The number of rotatable bonds is 11. The zero-order chi connectivity index (χ0) is 24.9. The minimum absolute atomic E-state index is 0.630. The van der Waals surface area contributed by atoms with Gasteiger partial charge in [0, 0.05) is 42.3 Å². The summed E-state index contributed by atoms with van der Waals surface area (Å²) in [6.07, 6.45) is 5.48. The second-order valence-electron chi connectivity index (χ2n) is 10.2. The molecule has 0 bridgehead atoms. The van der Waals surface area contributed by atoms with E-state index in [0.29, 0.717) is 11.1 Å². The van der Waals surface area contributed by atoms with Gasteiger partial charge < -0.3 is 9.55 Å². The van der Waals surface area contributed by atoms with Crippen molar-refractivity contribution in [2.75, 3.05) is 6.54 Å². The normalized spacial score (nSPS) is 11.9. The number of aryl methyl sites for hydroxylation is 2. The average Bonchev–Trinajstić information content (AvgIpc) is 3.35. The van der Waals surface area contributed by atoms with Crippen LogP contribution in [-0.2, 0) is 19.6 Å². The van der Waals surface area contributed by atoms with Crippen molar-refractivity contribution in [1.29, 1.82) is 0 Å². The molecule has 0 aliphatic heterocycles. The van der Waals surface area contributed by atoms with Crippen molar-refractivity contribution in [2.45, 2.75) is 73.5 Å². The maximum atomic E-state index is 6.86. The molecule has 186 valence electrons. The molecule has 35 heavy (non-hydrogen) atoms. The van der Waals surface area contributed by atoms with Crippen LogP contribution in [0.2, 0.25) is 5.15 Å². The minimum atomic E-state index is 0.630. The van der Waals surface area contributed by atoms with Crippen LogP contribution in [0.25, 0.3) is 22.3 Å². The van der Waals surface area contributed by atoms with E-state index in [1.807, 2.05) is 0 Å². The lowest BCUT2D eigenvalue weighted by atomic mass is 10.1. The van der Waals surface area contributed by atoms with Crippen LogP contribution in [-0.4, -0.2) is 26.0 Å². The number of aromatic nitrogens is 3. The smallest absolute Gasteiger partial charge is 0.152 e. The Kier molecular flexibility index (Phi) is 8.35. The van der Waals surface area contributed by atoms with Gasteiger partial charge in [-0.1, -0.05) is 69.1 Å². The van der Waals surface area contributed by atoms with Crippen molar-refractivity contribution in [2.24, 2.45) is 5.92 Å². The quantitative estimate of drug-likeness (QED) is 0.230. The largest absolute Gasteiger partial charge is 0.361 e. The molecule has 2 aromatic heterocycles. The van der Waals surface area contributed by atoms with E-state index in [1.54, 1.807) is 0 Å². The summed E-state index contributed by atoms with van der Waals surface area (Å²) in [5, 5.41) is 1.94. The van der Waals surface area contributed by atoms with Gasteiger partial charge in [0.05, 0.1) is 5.69 Å². The standard InChI is InChI=1S/C30H39ClN4/c1-6-7-15-35-28(29(31)33-30(35)25-11-9-8-10-22(25)4)20-34(16-14-21(2)3)19-24-12-13-27-26(17-24)23(5)18-32-27/h8-13,17-18,21,32H,6-7,14-16,19-20H2,1-5H3. The highest BCUT2D eigenvalue weighted by Gasteiger charge is 2.21. The summed E-state index contributed by atoms with van der Waals surface area (Å²) in [6, 6.07) is 15.3. The molecule has 4 rings (SSSR count). The topological polar surface area (TPSA) is 36.9 Å². The molecular formula is C30H39ClN4. The maximum absolute atomic E-state index is 6.86. The van der Waals surface area contributed by atoms with Gasteiger partial charge in [0.2, 0.25) is 0 Å². The van der Waals surface area contributed by atoms with Crippen molar-refractivity contribution in [3.05, 3.63) is 76.2 Å². The number of hydrogen-bond acceptors (Lipinski definition) is 2. The van der Waals surface area contributed by atoms with Crippen LogP contribution in [0.1, 0.15) is 62.4 Å². The molecule has 0 atom stereocenters. The van der Waals surface area contributed by atoms with Gasteiger partial charge >= 0.3 is 0 Å². The molecule has 0 radical (unpaired) electrons. The summed E-state index contributed by atoms with van der Waals surface area (Å²) in [6.45, 7) is 14.8. The van der Waals surface area contributed by atoms with Crippen molar-refractivity contribution < 1.29 is 0 Å². The Morgan fingerprint density at radius 2 is 1.86 bits per heavy atom. The molecule has 0 unspecified atom stereocenters. The van der Waals surface area contributed by atoms with Gasteiger partial charge in [0.25, 0.3) is 0 Å². The number of halogens is 1. The molecule has 2 heterocycles. The summed E-state index contributed by atoms with van der Waals surface area (Å²) >= 11 is 6.86. The van der Waals surface area contributed by atoms with Crippen molar-refractivity contribution >= 4 is 22.5 Å². The van der Waals surface area contributed by atoms with Crippen molar-refractivity contribution in [3.63, 3.8) is 0 Å². The van der Waals surface area contributed by atoms with Gasteiger partial charge in [-0.2, -0.15) is 0 Å². The van der Waals surface area contributed by atoms with Gasteiger partial charge in [0.1, 0.15) is 5.82 Å². The number of nitrogens with zero attached hydrogens (tertiary/aromatic N) is 3. The molecule has 0 spiro atoms. The van der Waals surface area contributed by atoms with E-state index >= 15 is 0 Å². The fourth-order valence-electron chi connectivity index (χ4n) is 4.72. The second kappa shape index (κ2) is 11.5. The summed E-state index contributed by atoms with van der Waals surface area (Å²) < 4.78 is 2.37. The van der Waals surface area contributed by atoms with Crippen LogP contribution >= 0.6 is 11.6 Å². The number of benzene rings is 2. The van der Waals surface area contributed by atoms with Crippen LogP contribution in [0.15, 0.2) is 48.7 Å². The van der Waals surface area contributed by atoms with E-state index in [-0.39, 0.29) is 0 Å². The van der Waals surface area contributed by atoms with E-state index in [9.17, 15) is 0 Å². The number of hydrogen-bond donors (Lipinski definition) is 1. The van der Waals surface area contributed by atoms with Gasteiger partial charge in [-0.15, -0.1) is 0 Å². The van der Waals surface area contributed by atoms with Gasteiger partial charge in [-0.3, -0.25) is 4.90 Å². The van der Waals surface area contributed by atoms with Crippen molar-refractivity contribution in [3.8, 4) is 11.4 Å². The maximum Gasteiger partial charge on any atom is 0.152 e. The monoisotopic (exact) mass is 490 g/mol. The van der Waals surface area contributed by atoms with Crippen LogP contribution in [0.5, 0.6) is 0 Å². The Morgan fingerprint density at radius 1 is 1.06 bits per heavy atom. The minimum Gasteiger partial charge on any atom is -0.361 e. The molecule has 0 saturated heterocycles. The fourth-order valence-corrected chi connectivity index (χ4v) is 4.97. The third-order valence-electron chi connectivity index (χ3n) is 6.90. The molecular weight excluding hydrogens is 452 g/mol. The second-order valence-corrected chi connectivity index (χ2v) is 10.6. The van der Waals surface area contributed by atoms with Crippen LogP contribution in [0.4, 0.5) is 0 Å². The summed E-state index contributed by atoms with van der Waals surface area (Å²) in [7, 11) is 0. The zero-order valence-corrected chi connectivity index (χ0v) is 22.6. The molecule has 5 heteroatoms. The molecule has 0 amide bonds. The lowest BCUT2D eigenvalue weighted by molar-refractivity contribution is 0.235. The predicted molar refractivity (Wildman–Crippen MR) is 149 cm³/mol. The van der Waals surface area contributed by atoms with E-state index in [2.05, 4.69) is 97.7 Å². The Labute approximate surface area is 215 Å². The number of imidazole rings is 1. The molecule has 4 aromatic rings. The number of H-pyrrole nitrogens is 1. The summed E-state index contributed by atoms with van der Waals surface area (Å²) in [5.74, 6) is 1.64. The molecule has 1 N–H and O–H groups in total. The first kappa shape index (κ1) is 25.5. The van der Waals surface area contributed by atoms with Crippen LogP contribution in [0, 0.1) is 19.8 Å². The average molecular weight is 491 g/mol. The molecule has 0 fully saturated rings. The summed E-state index contributed by atoms with van der Waals surface area (Å²) in [4.78, 5) is 10.8. The molecule has 2 aromatic carbocycles. The Hall–Kier alpha value is -2.56. The zero-order valence-electron chi connectivity index (χ0n) is 21.9. The third-order valence-corrected chi connectivity index (χ3v) is 7.20. The number of fused-ring (bicyclic) bond motifs is 1. The SMILES string of the molecule is CCCCn1c(-c2ccccc2C)nc(Cl)c1CN(CCC(C)C)Cc1ccc2[nH]cc(C)c2c1. The van der Waals surface area contributed by atoms with E-state index in [4.69, 9.17) is 16.6 Å². The highest BCUT2D eigenvalue weighted by molar-refractivity contribution is 6.30. The van der Waals surface area contributed by atoms with Crippen LogP contribution < -0.4 is 0 Å². The Balaban J connectivity index is 1.68. The highest BCUT2D eigenvalue weighted by atomic mass is 35.5. The lowest BCUT2D eigenvalue weighted by Gasteiger charge is -2.25. The fraction of sp³-hybridized carbons (Fsp3) is 0.433. The van der Waals surface area contributed by atoms with E-state index in [1.165, 1.54) is 33.2 Å². The van der Waals surface area contributed by atoms with E-state index < -0.39 is 0 Å². The number of unbranched alkanes of at least 4 members (excludes halogenated alkanes) is 1. The molecule has 0 aliphatic carbocycles.